The van der Waals surface area contributed by atoms with E-state index in [-0.39, 0.29) is 0 Å². The second kappa shape index (κ2) is 2.31. The fraction of sp³-hybridized carbons (Fsp3) is 0.571. The third-order valence-electron chi connectivity index (χ3n) is 1.84. The number of rotatable bonds is 0. The highest BCUT2D eigenvalue weighted by molar-refractivity contribution is 7.99. The lowest BCUT2D eigenvalue weighted by atomic mass is 10.2. The van der Waals surface area contributed by atoms with Crippen LogP contribution in [0.4, 0.5) is 0 Å². The van der Waals surface area contributed by atoms with Crippen LogP contribution in [0.2, 0.25) is 0 Å². The highest BCUT2D eigenvalue weighted by atomic mass is 32.2. The first-order chi connectivity index (χ1) is 4.88. The summed E-state index contributed by atoms with van der Waals surface area (Å²) >= 11 is 1.93. The van der Waals surface area contributed by atoms with Gasteiger partial charge in [0.25, 0.3) is 0 Å². The van der Waals surface area contributed by atoms with Crippen molar-refractivity contribution >= 4 is 11.8 Å². The highest BCUT2D eigenvalue weighted by Crippen LogP contribution is 2.28. The van der Waals surface area contributed by atoms with Crippen molar-refractivity contribution in [2.75, 3.05) is 5.75 Å². The molecule has 1 aromatic rings. The smallest absolute Gasteiger partial charge is 0.0628 e. The number of fused-ring (bicyclic) bond motifs is 1. The van der Waals surface area contributed by atoms with Crippen LogP contribution in [0.3, 0.4) is 0 Å². The van der Waals surface area contributed by atoms with Crippen molar-refractivity contribution in [1.82, 2.24) is 9.78 Å². The molecule has 0 saturated heterocycles. The summed E-state index contributed by atoms with van der Waals surface area (Å²) in [6.07, 6.45) is 4.48. The lowest BCUT2D eigenvalue weighted by Gasteiger charge is -2.10. The third kappa shape index (κ3) is 0.850. The molecule has 3 heteroatoms. The molecule has 1 aliphatic heterocycles. The van der Waals surface area contributed by atoms with Crippen LogP contribution in [0.25, 0.3) is 0 Å². The van der Waals surface area contributed by atoms with Crippen molar-refractivity contribution < 1.29 is 0 Å². The van der Waals surface area contributed by atoms with Gasteiger partial charge in [-0.3, -0.25) is 4.68 Å². The molecule has 0 bridgehead atoms. The molecular weight excluding hydrogens is 144 g/mol. The van der Waals surface area contributed by atoms with Crippen LogP contribution in [0.5, 0.6) is 0 Å². The van der Waals surface area contributed by atoms with Gasteiger partial charge in [-0.25, -0.2) is 0 Å². The molecule has 2 heterocycles. The Morgan fingerprint density at radius 2 is 2.60 bits per heavy atom. The Kier molecular flexibility index (Phi) is 1.45. The molecule has 0 amide bonds. The van der Waals surface area contributed by atoms with Crippen molar-refractivity contribution in [3.8, 4) is 0 Å². The van der Waals surface area contributed by atoms with E-state index >= 15 is 0 Å². The fourth-order valence-corrected chi connectivity index (χ4v) is 2.30. The van der Waals surface area contributed by atoms with Crippen LogP contribution in [-0.2, 0) is 13.5 Å². The molecule has 1 aromatic heterocycles. The zero-order valence-corrected chi connectivity index (χ0v) is 6.82. The van der Waals surface area contributed by atoms with Crippen molar-refractivity contribution in [2.24, 2.45) is 7.05 Å². The Balaban J connectivity index is 2.45. The third-order valence-corrected chi connectivity index (χ3v) is 2.98. The molecule has 10 heavy (non-hydrogen) atoms. The second-order valence-corrected chi connectivity index (χ2v) is 3.67. The molecule has 0 atom stereocenters. The predicted molar refractivity (Wildman–Crippen MR) is 42.3 cm³/mol. The van der Waals surface area contributed by atoms with Crippen molar-refractivity contribution in [2.45, 2.75) is 17.7 Å². The van der Waals surface area contributed by atoms with Gasteiger partial charge in [-0.05, 0) is 18.6 Å². The van der Waals surface area contributed by atoms with Crippen molar-refractivity contribution in [3.63, 3.8) is 0 Å². The van der Waals surface area contributed by atoms with Crippen LogP contribution in [0.1, 0.15) is 12.1 Å². The molecule has 54 valence electrons. The largest absolute Gasteiger partial charge is 0.271 e. The molecule has 0 unspecified atom stereocenters. The minimum absolute atomic E-state index is 1.21. The maximum absolute atomic E-state index is 4.19. The lowest BCUT2D eigenvalue weighted by molar-refractivity contribution is 0.689. The Morgan fingerprint density at radius 1 is 1.70 bits per heavy atom. The Morgan fingerprint density at radius 3 is 3.40 bits per heavy atom. The first kappa shape index (κ1) is 6.28. The summed E-state index contributed by atoms with van der Waals surface area (Å²) in [6, 6.07) is 0. The zero-order chi connectivity index (χ0) is 6.97. The number of thioether (sulfide) groups is 1. The van der Waals surface area contributed by atoms with Crippen LogP contribution in [0.15, 0.2) is 11.1 Å². The van der Waals surface area contributed by atoms with E-state index in [4.69, 9.17) is 0 Å². The Bertz CT molecular complexity index is 242. The Hall–Kier alpha value is -0.440. The summed E-state index contributed by atoms with van der Waals surface area (Å²) < 4.78 is 1.99. The minimum atomic E-state index is 1.21. The van der Waals surface area contributed by atoms with E-state index in [1.165, 1.54) is 29.2 Å². The molecule has 0 aliphatic carbocycles. The molecular formula is C7H10N2S. The summed E-state index contributed by atoms with van der Waals surface area (Å²) in [5.41, 5.74) is 1.41. The number of hydrogen-bond donors (Lipinski definition) is 0. The molecule has 0 spiro atoms. The van der Waals surface area contributed by atoms with E-state index in [1.54, 1.807) is 0 Å². The van der Waals surface area contributed by atoms with Gasteiger partial charge in [-0.1, -0.05) is 0 Å². The van der Waals surface area contributed by atoms with Gasteiger partial charge >= 0.3 is 0 Å². The second-order valence-electron chi connectivity index (χ2n) is 2.53. The highest BCUT2D eigenvalue weighted by Gasteiger charge is 2.12. The van der Waals surface area contributed by atoms with Crippen LogP contribution in [-0.4, -0.2) is 15.5 Å². The quantitative estimate of drug-likeness (QED) is 0.563. The first-order valence-corrected chi connectivity index (χ1v) is 4.50. The summed E-state index contributed by atoms with van der Waals surface area (Å²) in [6.45, 7) is 0. The van der Waals surface area contributed by atoms with Gasteiger partial charge in [0.1, 0.15) is 0 Å². The van der Waals surface area contributed by atoms with E-state index in [0.29, 0.717) is 0 Å². The van der Waals surface area contributed by atoms with E-state index in [2.05, 4.69) is 5.10 Å². The van der Waals surface area contributed by atoms with E-state index in [9.17, 15) is 0 Å². The summed E-state index contributed by atoms with van der Waals surface area (Å²) in [5.74, 6) is 1.26. The van der Waals surface area contributed by atoms with Gasteiger partial charge in [0.2, 0.25) is 0 Å². The topological polar surface area (TPSA) is 17.8 Å². The van der Waals surface area contributed by atoms with E-state index in [1.807, 2.05) is 29.7 Å². The number of hydrogen-bond acceptors (Lipinski definition) is 2. The first-order valence-electron chi connectivity index (χ1n) is 3.51. The summed E-state index contributed by atoms with van der Waals surface area (Å²) in [4.78, 5) is 1.38. The molecule has 1 aliphatic rings. The fourth-order valence-electron chi connectivity index (χ4n) is 1.27. The maximum Gasteiger partial charge on any atom is 0.0628 e. The van der Waals surface area contributed by atoms with Gasteiger partial charge < -0.3 is 0 Å². The van der Waals surface area contributed by atoms with Crippen LogP contribution >= 0.6 is 11.8 Å². The molecule has 2 rings (SSSR count). The standard InChI is InChI=1S/C7H10N2S/c1-9-6-3-2-4-10-7(6)5-8-9/h5H,2-4H2,1H3. The van der Waals surface area contributed by atoms with Crippen LogP contribution < -0.4 is 0 Å². The molecule has 0 saturated carbocycles. The van der Waals surface area contributed by atoms with Crippen molar-refractivity contribution in [3.05, 3.63) is 11.9 Å². The lowest BCUT2D eigenvalue weighted by Crippen LogP contribution is -2.03. The molecule has 2 nitrogen and oxygen atoms in total. The molecule has 0 aromatic carbocycles. The van der Waals surface area contributed by atoms with Gasteiger partial charge in [-0.2, -0.15) is 5.10 Å². The molecule has 0 fully saturated rings. The Labute approximate surface area is 64.6 Å². The van der Waals surface area contributed by atoms with E-state index < -0.39 is 0 Å². The average molecular weight is 154 g/mol. The number of aromatic nitrogens is 2. The molecule has 0 N–H and O–H groups in total. The maximum atomic E-state index is 4.19. The molecule has 0 radical (unpaired) electrons. The predicted octanol–water partition coefficient (Wildman–Crippen LogP) is 1.46. The van der Waals surface area contributed by atoms with Gasteiger partial charge in [0.05, 0.1) is 11.9 Å². The van der Waals surface area contributed by atoms with E-state index in [0.717, 1.165) is 0 Å². The summed E-state index contributed by atoms with van der Waals surface area (Å²) in [7, 11) is 2.02. The van der Waals surface area contributed by atoms with Gasteiger partial charge in [-0.15, -0.1) is 11.8 Å². The van der Waals surface area contributed by atoms with Gasteiger partial charge in [0.15, 0.2) is 0 Å². The van der Waals surface area contributed by atoms with Crippen LogP contribution in [0, 0.1) is 0 Å². The van der Waals surface area contributed by atoms with Gasteiger partial charge in [0, 0.05) is 11.9 Å². The summed E-state index contributed by atoms with van der Waals surface area (Å²) in [5, 5.41) is 4.19. The average Bonchev–Trinajstić information content (AvgIpc) is 2.34. The normalized spacial score (nSPS) is 16.9. The zero-order valence-electron chi connectivity index (χ0n) is 6.00. The van der Waals surface area contributed by atoms with Crippen molar-refractivity contribution in [1.29, 1.82) is 0 Å². The monoisotopic (exact) mass is 154 g/mol. The SMILES string of the molecule is Cn1ncc2c1CCCS2. The number of nitrogens with zero attached hydrogens (tertiary/aromatic N) is 2. The minimum Gasteiger partial charge on any atom is -0.271 e. The number of aryl methyl sites for hydroxylation is 1.